The van der Waals surface area contributed by atoms with Gasteiger partial charge in [-0.15, -0.1) is 0 Å². The number of benzene rings is 1. The summed E-state index contributed by atoms with van der Waals surface area (Å²) in [6, 6.07) is 12.0. The van der Waals surface area contributed by atoms with E-state index in [9.17, 15) is 0 Å². The lowest BCUT2D eigenvalue weighted by atomic mass is 10.2. The predicted molar refractivity (Wildman–Crippen MR) is 71.7 cm³/mol. The van der Waals surface area contributed by atoms with Crippen LogP contribution in [0.1, 0.15) is 16.7 Å². The van der Waals surface area contributed by atoms with Gasteiger partial charge in [-0.3, -0.25) is 4.99 Å². The van der Waals surface area contributed by atoms with Crippen LogP contribution in [0, 0.1) is 6.92 Å². The number of aliphatic imine (C=N–C) groups is 1. The molecule has 0 saturated carbocycles. The molecule has 0 saturated heterocycles. The second-order valence-corrected chi connectivity index (χ2v) is 4.26. The van der Waals surface area contributed by atoms with E-state index in [1.54, 1.807) is 12.3 Å². The normalized spacial score (nSPS) is 10.9. The zero-order valence-electron chi connectivity index (χ0n) is 9.60. The van der Waals surface area contributed by atoms with Crippen LogP contribution in [0.4, 0.5) is 0 Å². The largest absolute Gasteiger partial charge is 0.288 e. The number of hydrogen-bond donors (Lipinski definition) is 0. The Labute approximate surface area is 106 Å². The van der Waals surface area contributed by atoms with E-state index in [4.69, 9.17) is 11.6 Å². The Balaban J connectivity index is 1.97. The summed E-state index contributed by atoms with van der Waals surface area (Å²) in [4.78, 5) is 8.37. The number of pyridine rings is 1. The summed E-state index contributed by atoms with van der Waals surface area (Å²) in [6.07, 6.45) is 3.61. The van der Waals surface area contributed by atoms with Gasteiger partial charge in [0.15, 0.2) is 0 Å². The van der Waals surface area contributed by atoms with E-state index in [0.29, 0.717) is 11.7 Å². The lowest BCUT2D eigenvalue weighted by molar-refractivity contribution is 1.05. The molecule has 2 nitrogen and oxygen atoms in total. The van der Waals surface area contributed by atoms with Crippen LogP contribution in [0.3, 0.4) is 0 Å². The van der Waals surface area contributed by atoms with E-state index in [1.807, 2.05) is 12.3 Å². The van der Waals surface area contributed by atoms with Gasteiger partial charge in [0, 0.05) is 12.4 Å². The Morgan fingerprint density at radius 3 is 2.59 bits per heavy atom. The highest BCUT2D eigenvalue weighted by molar-refractivity contribution is 6.29. The van der Waals surface area contributed by atoms with Gasteiger partial charge < -0.3 is 0 Å². The van der Waals surface area contributed by atoms with Crippen LogP contribution < -0.4 is 0 Å². The van der Waals surface area contributed by atoms with E-state index >= 15 is 0 Å². The van der Waals surface area contributed by atoms with Gasteiger partial charge in [0.05, 0.1) is 6.54 Å². The third-order valence-corrected chi connectivity index (χ3v) is 2.60. The minimum Gasteiger partial charge on any atom is -0.288 e. The van der Waals surface area contributed by atoms with Gasteiger partial charge in [-0.2, -0.15) is 0 Å². The first-order chi connectivity index (χ1) is 8.24. The molecule has 0 aliphatic rings. The van der Waals surface area contributed by atoms with Crippen LogP contribution in [-0.2, 0) is 6.54 Å². The van der Waals surface area contributed by atoms with Crippen molar-refractivity contribution in [2.45, 2.75) is 13.5 Å². The predicted octanol–water partition coefficient (Wildman–Crippen LogP) is 3.66. The molecule has 0 atom stereocenters. The molecule has 1 aromatic heterocycles. The SMILES string of the molecule is Cc1ccc(C=NCc2ccc(Cl)nc2)cc1. The average Bonchev–Trinajstić information content (AvgIpc) is 2.34. The Morgan fingerprint density at radius 2 is 1.94 bits per heavy atom. The van der Waals surface area contributed by atoms with Gasteiger partial charge in [0.1, 0.15) is 5.15 Å². The van der Waals surface area contributed by atoms with Crippen molar-refractivity contribution in [1.29, 1.82) is 0 Å². The molecule has 1 aromatic carbocycles. The van der Waals surface area contributed by atoms with Gasteiger partial charge in [-0.05, 0) is 24.1 Å². The summed E-state index contributed by atoms with van der Waals surface area (Å²) in [6.45, 7) is 2.69. The third kappa shape index (κ3) is 3.68. The minimum absolute atomic E-state index is 0.510. The summed E-state index contributed by atoms with van der Waals surface area (Å²) >= 11 is 5.71. The molecule has 0 N–H and O–H groups in total. The Bertz CT molecular complexity index is 501. The number of aryl methyl sites for hydroxylation is 1. The first kappa shape index (κ1) is 11.8. The molecule has 0 unspecified atom stereocenters. The van der Waals surface area contributed by atoms with Gasteiger partial charge in [0.2, 0.25) is 0 Å². The zero-order valence-corrected chi connectivity index (χ0v) is 10.4. The zero-order chi connectivity index (χ0) is 12.1. The van der Waals surface area contributed by atoms with E-state index in [0.717, 1.165) is 11.1 Å². The summed E-state index contributed by atoms with van der Waals surface area (Å²) in [7, 11) is 0. The van der Waals surface area contributed by atoms with Crippen molar-refractivity contribution >= 4 is 17.8 Å². The molecular formula is C14H13ClN2. The quantitative estimate of drug-likeness (QED) is 0.598. The van der Waals surface area contributed by atoms with E-state index in [2.05, 4.69) is 41.2 Å². The molecule has 0 bridgehead atoms. The van der Waals surface area contributed by atoms with Crippen molar-refractivity contribution in [3.63, 3.8) is 0 Å². The van der Waals surface area contributed by atoms with E-state index in [1.165, 1.54) is 5.56 Å². The molecule has 3 heteroatoms. The van der Waals surface area contributed by atoms with E-state index < -0.39 is 0 Å². The fourth-order valence-corrected chi connectivity index (χ4v) is 1.52. The molecule has 2 rings (SSSR count). The van der Waals surface area contributed by atoms with Crippen LogP contribution in [0.2, 0.25) is 5.15 Å². The van der Waals surface area contributed by atoms with Crippen molar-refractivity contribution in [3.05, 3.63) is 64.4 Å². The molecule has 0 aliphatic carbocycles. The molecule has 0 radical (unpaired) electrons. The number of hydrogen-bond acceptors (Lipinski definition) is 2. The second kappa shape index (κ2) is 5.60. The van der Waals surface area contributed by atoms with Crippen molar-refractivity contribution in [3.8, 4) is 0 Å². The number of aromatic nitrogens is 1. The van der Waals surface area contributed by atoms with E-state index in [-0.39, 0.29) is 0 Å². The lowest BCUT2D eigenvalue weighted by Crippen LogP contribution is -1.86. The topological polar surface area (TPSA) is 25.2 Å². The lowest BCUT2D eigenvalue weighted by Gasteiger charge is -1.96. The van der Waals surface area contributed by atoms with Crippen LogP contribution in [0.15, 0.2) is 47.6 Å². The molecule has 86 valence electrons. The van der Waals surface area contributed by atoms with Crippen LogP contribution in [0.25, 0.3) is 0 Å². The monoisotopic (exact) mass is 244 g/mol. The number of nitrogens with zero attached hydrogens (tertiary/aromatic N) is 2. The Hall–Kier alpha value is -1.67. The fourth-order valence-electron chi connectivity index (χ4n) is 1.41. The summed E-state index contributed by atoms with van der Waals surface area (Å²) in [5.74, 6) is 0. The fraction of sp³-hybridized carbons (Fsp3) is 0.143. The van der Waals surface area contributed by atoms with Crippen molar-refractivity contribution in [1.82, 2.24) is 4.98 Å². The smallest absolute Gasteiger partial charge is 0.129 e. The Kier molecular flexibility index (Phi) is 3.89. The molecular weight excluding hydrogens is 232 g/mol. The molecule has 2 aromatic rings. The molecule has 0 spiro atoms. The number of halogens is 1. The molecule has 1 heterocycles. The van der Waals surface area contributed by atoms with Gasteiger partial charge in [-0.1, -0.05) is 47.5 Å². The second-order valence-electron chi connectivity index (χ2n) is 3.87. The van der Waals surface area contributed by atoms with Crippen LogP contribution in [-0.4, -0.2) is 11.2 Å². The van der Waals surface area contributed by atoms with Crippen LogP contribution >= 0.6 is 11.6 Å². The molecule has 0 amide bonds. The highest BCUT2D eigenvalue weighted by Crippen LogP contribution is 2.06. The molecule has 17 heavy (non-hydrogen) atoms. The maximum atomic E-state index is 5.71. The Morgan fingerprint density at radius 1 is 1.18 bits per heavy atom. The first-order valence-corrected chi connectivity index (χ1v) is 5.79. The van der Waals surface area contributed by atoms with Gasteiger partial charge in [-0.25, -0.2) is 4.98 Å². The maximum Gasteiger partial charge on any atom is 0.129 e. The van der Waals surface area contributed by atoms with Gasteiger partial charge in [0.25, 0.3) is 0 Å². The summed E-state index contributed by atoms with van der Waals surface area (Å²) < 4.78 is 0. The standard InChI is InChI=1S/C14H13ClN2/c1-11-2-4-12(5-3-11)8-16-9-13-6-7-14(15)17-10-13/h2-8,10H,9H2,1H3. The van der Waals surface area contributed by atoms with Crippen molar-refractivity contribution in [2.75, 3.05) is 0 Å². The number of rotatable bonds is 3. The van der Waals surface area contributed by atoms with Crippen LogP contribution in [0.5, 0.6) is 0 Å². The maximum absolute atomic E-state index is 5.71. The summed E-state index contributed by atoms with van der Waals surface area (Å²) in [5.41, 5.74) is 3.42. The first-order valence-electron chi connectivity index (χ1n) is 5.41. The van der Waals surface area contributed by atoms with Crippen molar-refractivity contribution < 1.29 is 0 Å². The third-order valence-electron chi connectivity index (χ3n) is 2.38. The summed E-state index contributed by atoms with van der Waals surface area (Å²) in [5, 5.41) is 0.510. The van der Waals surface area contributed by atoms with Gasteiger partial charge >= 0.3 is 0 Å². The highest BCUT2D eigenvalue weighted by atomic mass is 35.5. The molecule has 0 fully saturated rings. The average molecular weight is 245 g/mol. The van der Waals surface area contributed by atoms with Crippen molar-refractivity contribution in [2.24, 2.45) is 4.99 Å². The highest BCUT2D eigenvalue weighted by Gasteiger charge is 1.92. The molecule has 0 aliphatic heterocycles. The minimum atomic E-state index is 0.510.